The maximum Gasteiger partial charge on any atom is 0.232 e. The molecule has 0 aliphatic carbocycles. The van der Waals surface area contributed by atoms with E-state index in [9.17, 15) is 4.79 Å². The van der Waals surface area contributed by atoms with Crippen LogP contribution in [-0.4, -0.2) is 58.3 Å². The van der Waals surface area contributed by atoms with Gasteiger partial charge in [0.25, 0.3) is 0 Å². The number of carbonyl (C=O) groups excluding carboxylic acids is 1. The van der Waals surface area contributed by atoms with E-state index in [1.165, 1.54) is 11.3 Å². The van der Waals surface area contributed by atoms with E-state index >= 15 is 0 Å². The maximum absolute atomic E-state index is 12.7. The molecule has 3 heterocycles. The minimum atomic E-state index is 0.243. The highest BCUT2D eigenvalue weighted by molar-refractivity contribution is 7.99. The van der Waals surface area contributed by atoms with Gasteiger partial charge in [-0.2, -0.15) is 11.8 Å². The largest absolute Gasteiger partial charge is 0.376 e. The number of carbonyl (C=O) groups is 1. The third-order valence-electron chi connectivity index (χ3n) is 4.31. The molecule has 0 spiro atoms. The molecule has 2 atom stereocenters. The Morgan fingerprint density at radius 3 is 3.13 bits per heavy atom. The minimum absolute atomic E-state index is 0.243. The fourth-order valence-electron chi connectivity index (χ4n) is 3.05. The molecular weight excluding hydrogens is 328 g/mol. The zero-order chi connectivity index (χ0) is 15.9. The molecule has 0 saturated carbocycles. The Labute approximate surface area is 146 Å². The molecule has 4 nitrogen and oxygen atoms in total. The van der Waals surface area contributed by atoms with Gasteiger partial charge in [-0.05, 0) is 36.6 Å². The van der Waals surface area contributed by atoms with E-state index in [2.05, 4.69) is 16.0 Å². The van der Waals surface area contributed by atoms with Gasteiger partial charge < -0.3 is 9.64 Å². The third-order valence-corrected chi connectivity index (χ3v) is 6.44. The molecule has 2 unspecified atom stereocenters. The van der Waals surface area contributed by atoms with Gasteiger partial charge in [-0.3, -0.25) is 9.78 Å². The molecule has 1 amide bonds. The van der Waals surface area contributed by atoms with Crippen LogP contribution in [0.2, 0.25) is 0 Å². The lowest BCUT2D eigenvalue weighted by Crippen LogP contribution is -2.45. The fraction of sp³-hybridized carbons (Fsp3) is 0.647. The average Bonchev–Trinajstić information content (AvgIpc) is 3.27. The molecule has 0 bridgehead atoms. The van der Waals surface area contributed by atoms with Crippen molar-refractivity contribution in [3.63, 3.8) is 0 Å². The number of aromatic nitrogens is 1. The zero-order valence-electron chi connectivity index (χ0n) is 13.4. The molecule has 0 N–H and O–H groups in total. The fourth-order valence-corrected chi connectivity index (χ4v) is 5.13. The van der Waals surface area contributed by atoms with Crippen LogP contribution in [0.15, 0.2) is 24.5 Å². The van der Waals surface area contributed by atoms with Crippen molar-refractivity contribution in [3.8, 4) is 0 Å². The summed E-state index contributed by atoms with van der Waals surface area (Å²) in [7, 11) is 0. The number of thioether (sulfide) groups is 2. The first-order valence-electron chi connectivity index (χ1n) is 8.28. The van der Waals surface area contributed by atoms with Gasteiger partial charge in [0, 0.05) is 43.1 Å². The lowest BCUT2D eigenvalue weighted by Gasteiger charge is -2.30. The summed E-state index contributed by atoms with van der Waals surface area (Å²) in [4.78, 5) is 19.0. The Morgan fingerprint density at radius 1 is 1.48 bits per heavy atom. The normalized spacial score (nSPS) is 24.0. The van der Waals surface area contributed by atoms with Crippen LogP contribution < -0.4 is 0 Å². The second-order valence-electron chi connectivity index (χ2n) is 6.05. The highest BCUT2D eigenvalue weighted by Crippen LogP contribution is 2.25. The van der Waals surface area contributed by atoms with Crippen LogP contribution in [-0.2, 0) is 15.3 Å². The zero-order valence-corrected chi connectivity index (χ0v) is 15.0. The molecular formula is C17H24N2O2S2. The average molecular weight is 353 g/mol. The molecule has 23 heavy (non-hydrogen) atoms. The van der Waals surface area contributed by atoms with Crippen molar-refractivity contribution in [2.45, 2.75) is 37.2 Å². The summed E-state index contributed by atoms with van der Waals surface area (Å²) >= 11 is 3.64. The van der Waals surface area contributed by atoms with Crippen LogP contribution in [0.5, 0.6) is 0 Å². The van der Waals surface area contributed by atoms with Gasteiger partial charge in [0.2, 0.25) is 5.91 Å². The standard InChI is InChI=1S/C17H24N2O2S2/c20-17(13-23-11-14-3-1-6-18-9-14)19(15-5-8-22-12-15)10-16-4-2-7-21-16/h1,3,6,9,15-16H,2,4-5,7-8,10-13H2. The van der Waals surface area contributed by atoms with Crippen molar-refractivity contribution in [2.24, 2.45) is 0 Å². The lowest BCUT2D eigenvalue weighted by molar-refractivity contribution is -0.131. The summed E-state index contributed by atoms with van der Waals surface area (Å²) in [5.41, 5.74) is 1.17. The van der Waals surface area contributed by atoms with Gasteiger partial charge in [-0.25, -0.2) is 0 Å². The van der Waals surface area contributed by atoms with Crippen LogP contribution in [0.1, 0.15) is 24.8 Å². The second-order valence-corrected chi connectivity index (χ2v) is 8.19. The van der Waals surface area contributed by atoms with Crippen molar-refractivity contribution in [2.75, 3.05) is 30.4 Å². The highest BCUT2D eigenvalue weighted by atomic mass is 32.2. The van der Waals surface area contributed by atoms with Crippen LogP contribution in [0.3, 0.4) is 0 Å². The van der Waals surface area contributed by atoms with Crippen LogP contribution >= 0.6 is 23.5 Å². The molecule has 1 aromatic heterocycles. The number of rotatable bonds is 7. The van der Waals surface area contributed by atoms with Crippen molar-refractivity contribution < 1.29 is 9.53 Å². The molecule has 2 aliphatic rings. The number of hydrogen-bond acceptors (Lipinski definition) is 5. The van der Waals surface area contributed by atoms with Gasteiger partial charge in [-0.1, -0.05) is 6.07 Å². The Bertz CT molecular complexity index is 489. The van der Waals surface area contributed by atoms with Crippen LogP contribution in [0.25, 0.3) is 0 Å². The van der Waals surface area contributed by atoms with Crippen molar-refractivity contribution in [1.82, 2.24) is 9.88 Å². The van der Waals surface area contributed by atoms with Gasteiger partial charge in [0.05, 0.1) is 11.9 Å². The molecule has 2 saturated heterocycles. The topological polar surface area (TPSA) is 42.4 Å². The molecule has 0 aromatic carbocycles. The smallest absolute Gasteiger partial charge is 0.232 e. The summed E-state index contributed by atoms with van der Waals surface area (Å²) in [5, 5.41) is 0. The molecule has 2 aliphatic heterocycles. The maximum atomic E-state index is 12.7. The molecule has 3 rings (SSSR count). The lowest BCUT2D eigenvalue weighted by atomic mass is 10.1. The molecule has 0 radical (unpaired) electrons. The van der Waals surface area contributed by atoms with E-state index in [-0.39, 0.29) is 12.0 Å². The van der Waals surface area contributed by atoms with Crippen molar-refractivity contribution >= 4 is 29.4 Å². The van der Waals surface area contributed by atoms with Gasteiger partial charge in [0.15, 0.2) is 0 Å². The molecule has 2 fully saturated rings. The van der Waals surface area contributed by atoms with Gasteiger partial charge in [-0.15, -0.1) is 11.8 Å². The Kier molecular flexibility index (Phi) is 6.66. The predicted octanol–water partition coefficient (Wildman–Crippen LogP) is 2.83. The van der Waals surface area contributed by atoms with E-state index in [0.717, 1.165) is 43.9 Å². The molecule has 1 aromatic rings. The third kappa shape index (κ3) is 5.13. The first kappa shape index (κ1) is 17.1. The highest BCUT2D eigenvalue weighted by Gasteiger charge is 2.30. The number of nitrogens with zero attached hydrogens (tertiary/aromatic N) is 2. The number of amides is 1. The summed E-state index contributed by atoms with van der Waals surface area (Å²) in [6.07, 6.45) is 7.23. The molecule has 6 heteroatoms. The predicted molar refractivity (Wildman–Crippen MR) is 96.8 cm³/mol. The Hall–Kier alpha value is -0.720. The van der Waals surface area contributed by atoms with Crippen LogP contribution in [0, 0.1) is 0 Å². The minimum Gasteiger partial charge on any atom is -0.376 e. The van der Waals surface area contributed by atoms with Gasteiger partial charge in [0.1, 0.15) is 0 Å². The summed E-state index contributed by atoms with van der Waals surface area (Å²) in [5.74, 6) is 3.89. The quantitative estimate of drug-likeness (QED) is 0.755. The summed E-state index contributed by atoms with van der Waals surface area (Å²) in [6, 6.07) is 4.40. The van der Waals surface area contributed by atoms with E-state index in [0.29, 0.717) is 11.8 Å². The van der Waals surface area contributed by atoms with Crippen molar-refractivity contribution in [1.29, 1.82) is 0 Å². The number of pyridine rings is 1. The summed E-state index contributed by atoms with van der Waals surface area (Å²) < 4.78 is 5.75. The van der Waals surface area contributed by atoms with Crippen LogP contribution in [0.4, 0.5) is 0 Å². The van der Waals surface area contributed by atoms with E-state index in [1.807, 2.05) is 24.0 Å². The first-order valence-corrected chi connectivity index (χ1v) is 10.6. The van der Waals surface area contributed by atoms with E-state index < -0.39 is 0 Å². The van der Waals surface area contributed by atoms with E-state index in [1.54, 1.807) is 18.0 Å². The monoisotopic (exact) mass is 352 g/mol. The SMILES string of the molecule is O=C(CSCc1cccnc1)N(CC1CCCO1)C1CCSC1. The van der Waals surface area contributed by atoms with Gasteiger partial charge >= 0.3 is 0 Å². The Morgan fingerprint density at radius 2 is 2.43 bits per heavy atom. The first-order chi connectivity index (χ1) is 11.3. The number of hydrogen-bond donors (Lipinski definition) is 0. The van der Waals surface area contributed by atoms with E-state index in [4.69, 9.17) is 4.74 Å². The second kappa shape index (κ2) is 8.94. The van der Waals surface area contributed by atoms with Crippen molar-refractivity contribution in [3.05, 3.63) is 30.1 Å². The Balaban J connectivity index is 1.51. The molecule has 126 valence electrons. The summed E-state index contributed by atoms with van der Waals surface area (Å²) in [6.45, 7) is 1.62. The number of ether oxygens (including phenoxy) is 1.